The zero-order chi connectivity index (χ0) is 10.2. The van der Waals surface area contributed by atoms with Gasteiger partial charge in [0.1, 0.15) is 0 Å². The van der Waals surface area contributed by atoms with Crippen molar-refractivity contribution in [3.63, 3.8) is 0 Å². The summed E-state index contributed by atoms with van der Waals surface area (Å²) < 4.78 is 0. The summed E-state index contributed by atoms with van der Waals surface area (Å²) in [6, 6.07) is 11.2. The Labute approximate surface area is 87.5 Å². The van der Waals surface area contributed by atoms with Crippen molar-refractivity contribution in [2.24, 2.45) is 0 Å². The molecule has 0 aromatic heterocycles. The van der Waals surface area contributed by atoms with Crippen LogP contribution < -0.4 is 5.32 Å². The monoisotopic (exact) mass is 191 g/mol. The third-order valence-corrected chi connectivity index (χ3v) is 2.65. The highest BCUT2D eigenvalue weighted by atomic mass is 14.9. The molecular formula is C13H21N. The van der Waals surface area contributed by atoms with E-state index in [1.807, 2.05) is 7.05 Å². The number of unbranched alkanes of at least 4 members (excludes halogenated alkanes) is 2. The highest BCUT2D eigenvalue weighted by molar-refractivity contribution is 5.18. The second-order valence-corrected chi connectivity index (χ2v) is 3.75. The molecule has 1 nitrogen and oxygen atoms in total. The average molecular weight is 191 g/mol. The molecule has 1 unspecified atom stereocenters. The van der Waals surface area contributed by atoms with E-state index in [0.29, 0.717) is 6.04 Å². The van der Waals surface area contributed by atoms with Gasteiger partial charge in [-0.2, -0.15) is 0 Å². The molecule has 1 rings (SSSR count). The third-order valence-electron chi connectivity index (χ3n) is 2.65. The quantitative estimate of drug-likeness (QED) is 0.678. The molecule has 0 saturated heterocycles. The van der Waals surface area contributed by atoms with Crippen molar-refractivity contribution < 1.29 is 0 Å². The Morgan fingerprint density at radius 3 is 2.43 bits per heavy atom. The molecule has 1 heteroatoms. The first-order valence-corrected chi connectivity index (χ1v) is 5.60. The van der Waals surface area contributed by atoms with E-state index in [0.717, 1.165) is 0 Å². The van der Waals surface area contributed by atoms with Gasteiger partial charge in [0, 0.05) is 6.04 Å². The number of hydrogen-bond acceptors (Lipinski definition) is 1. The van der Waals surface area contributed by atoms with Crippen LogP contribution in [0, 0.1) is 0 Å². The van der Waals surface area contributed by atoms with Gasteiger partial charge in [-0.15, -0.1) is 0 Å². The molecule has 0 aliphatic rings. The molecule has 1 aromatic carbocycles. The van der Waals surface area contributed by atoms with Gasteiger partial charge in [0.25, 0.3) is 0 Å². The van der Waals surface area contributed by atoms with Crippen molar-refractivity contribution >= 4 is 0 Å². The fourth-order valence-electron chi connectivity index (χ4n) is 1.76. The topological polar surface area (TPSA) is 12.0 Å². The number of hydrogen-bond donors (Lipinski definition) is 1. The molecule has 0 aliphatic carbocycles. The first kappa shape index (κ1) is 11.3. The van der Waals surface area contributed by atoms with Gasteiger partial charge in [0.15, 0.2) is 0 Å². The van der Waals surface area contributed by atoms with Crippen LogP contribution in [0.2, 0.25) is 0 Å². The van der Waals surface area contributed by atoms with E-state index in [9.17, 15) is 0 Å². The van der Waals surface area contributed by atoms with Crippen molar-refractivity contribution in [2.45, 2.75) is 38.6 Å². The molecule has 0 fully saturated rings. The van der Waals surface area contributed by atoms with E-state index < -0.39 is 0 Å². The molecule has 1 aromatic rings. The maximum absolute atomic E-state index is 3.38. The van der Waals surface area contributed by atoms with Crippen LogP contribution >= 0.6 is 0 Å². The number of benzene rings is 1. The molecule has 0 aliphatic heterocycles. The Morgan fingerprint density at radius 1 is 1.14 bits per heavy atom. The summed E-state index contributed by atoms with van der Waals surface area (Å²) in [5.41, 5.74) is 1.41. The Morgan fingerprint density at radius 2 is 1.86 bits per heavy atom. The van der Waals surface area contributed by atoms with Gasteiger partial charge in [0.05, 0.1) is 0 Å². The summed E-state index contributed by atoms with van der Waals surface area (Å²) in [6.07, 6.45) is 5.20. The summed E-state index contributed by atoms with van der Waals surface area (Å²) in [5, 5.41) is 3.38. The van der Waals surface area contributed by atoms with Gasteiger partial charge >= 0.3 is 0 Å². The van der Waals surface area contributed by atoms with E-state index in [-0.39, 0.29) is 0 Å². The molecule has 78 valence electrons. The predicted octanol–water partition coefficient (Wildman–Crippen LogP) is 3.53. The van der Waals surface area contributed by atoms with Crippen molar-refractivity contribution in [3.8, 4) is 0 Å². The van der Waals surface area contributed by atoms with E-state index in [2.05, 4.69) is 42.6 Å². The van der Waals surface area contributed by atoms with E-state index in [4.69, 9.17) is 0 Å². The van der Waals surface area contributed by atoms with Gasteiger partial charge in [0.2, 0.25) is 0 Å². The predicted molar refractivity (Wildman–Crippen MR) is 62.4 cm³/mol. The Kier molecular flexibility index (Phi) is 5.31. The third kappa shape index (κ3) is 3.51. The second kappa shape index (κ2) is 6.61. The minimum atomic E-state index is 0.530. The molecule has 0 saturated carbocycles. The van der Waals surface area contributed by atoms with Crippen molar-refractivity contribution in [2.75, 3.05) is 7.05 Å². The zero-order valence-electron chi connectivity index (χ0n) is 9.29. The van der Waals surface area contributed by atoms with Gasteiger partial charge in [-0.05, 0) is 19.0 Å². The van der Waals surface area contributed by atoms with Gasteiger partial charge in [-0.3, -0.25) is 0 Å². The van der Waals surface area contributed by atoms with Crippen LogP contribution in [0.15, 0.2) is 30.3 Å². The van der Waals surface area contributed by atoms with E-state index >= 15 is 0 Å². The highest BCUT2D eigenvalue weighted by Gasteiger charge is 2.06. The van der Waals surface area contributed by atoms with E-state index in [1.165, 1.54) is 31.2 Å². The molecule has 0 radical (unpaired) electrons. The van der Waals surface area contributed by atoms with E-state index in [1.54, 1.807) is 0 Å². The van der Waals surface area contributed by atoms with Crippen LogP contribution in [-0.4, -0.2) is 7.05 Å². The van der Waals surface area contributed by atoms with Crippen LogP contribution in [0.3, 0.4) is 0 Å². The Hall–Kier alpha value is -0.820. The lowest BCUT2D eigenvalue weighted by Gasteiger charge is -2.16. The van der Waals surface area contributed by atoms with Crippen LogP contribution in [0.25, 0.3) is 0 Å². The maximum Gasteiger partial charge on any atom is 0.0317 e. The summed E-state index contributed by atoms with van der Waals surface area (Å²) in [5.74, 6) is 0. The molecule has 14 heavy (non-hydrogen) atoms. The minimum absolute atomic E-state index is 0.530. The maximum atomic E-state index is 3.38. The molecule has 0 spiro atoms. The van der Waals surface area contributed by atoms with Crippen molar-refractivity contribution in [1.82, 2.24) is 5.32 Å². The summed E-state index contributed by atoms with van der Waals surface area (Å²) >= 11 is 0. The largest absolute Gasteiger partial charge is 0.313 e. The van der Waals surface area contributed by atoms with Crippen LogP contribution in [0.4, 0.5) is 0 Å². The molecule has 0 bridgehead atoms. The average Bonchev–Trinajstić information content (AvgIpc) is 2.26. The van der Waals surface area contributed by atoms with Gasteiger partial charge < -0.3 is 5.32 Å². The standard InChI is InChI=1S/C13H21N/c1-3-4-6-11-13(14-2)12-9-7-5-8-10-12/h5,7-10,13-14H,3-4,6,11H2,1-2H3. The van der Waals surface area contributed by atoms with Crippen molar-refractivity contribution in [3.05, 3.63) is 35.9 Å². The Bertz CT molecular complexity index is 230. The zero-order valence-corrected chi connectivity index (χ0v) is 9.29. The summed E-state index contributed by atoms with van der Waals surface area (Å²) in [6.45, 7) is 2.25. The first-order chi connectivity index (χ1) is 6.88. The second-order valence-electron chi connectivity index (χ2n) is 3.75. The number of rotatable bonds is 6. The molecule has 1 atom stereocenters. The van der Waals surface area contributed by atoms with Crippen LogP contribution in [0.1, 0.15) is 44.2 Å². The Balaban J connectivity index is 2.46. The molecule has 0 amide bonds. The smallest absolute Gasteiger partial charge is 0.0317 e. The lowest BCUT2D eigenvalue weighted by atomic mass is 10.0. The minimum Gasteiger partial charge on any atom is -0.313 e. The van der Waals surface area contributed by atoms with Crippen molar-refractivity contribution in [1.29, 1.82) is 0 Å². The first-order valence-electron chi connectivity index (χ1n) is 5.60. The van der Waals surface area contributed by atoms with Crippen LogP contribution in [0.5, 0.6) is 0 Å². The SMILES string of the molecule is CCCCCC(NC)c1ccccc1. The van der Waals surface area contributed by atoms with Crippen LogP contribution in [-0.2, 0) is 0 Å². The fourth-order valence-corrected chi connectivity index (χ4v) is 1.76. The fraction of sp³-hybridized carbons (Fsp3) is 0.538. The summed E-state index contributed by atoms with van der Waals surface area (Å²) in [7, 11) is 2.05. The van der Waals surface area contributed by atoms with Gasteiger partial charge in [-0.25, -0.2) is 0 Å². The number of nitrogens with one attached hydrogen (secondary N) is 1. The molecule has 0 heterocycles. The molecule has 1 N–H and O–H groups in total. The lowest BCUT2D eigenvalue weighted by Crippen LogP contribution is -2.15. The highest BCUT2D eigenvalue weighted by Crippen LogP contribution is 2.18. The summed E-state index contributed by atoms with van der Waals surface area (Å²) in [4.78, 5) is 0. The lowest BCUT2D eigenvalue weighted by molar-refractivity contribution is 0.512. The van der Waals surface area contributed by atoms with Gasteiger partial charge in [-0.1, -0.05) is 56.5 Å². The normalized spacial score (nSPS) is 12.7. The molecular weight excluding hydrogens is 170 g/mol.